The maximum atomic E-state index is 13.1. The Balaban J connectivity index is 1.72. The lowest BCUT2D eigenvalue weighted by Crippen LogP contribution is -2.17. The highest BCUT2D eigenvalue weighted by Crippen LogP contribution is 2.34. The molecule has 13 heteroatoms. The predicted molar refractivity (Wildman–Crippen MR) is 134 cm³/mol. The molecule has 11 nitrogen and oxygen atoms in total. The lowest BCUT2D eigenvalue weighted by molar-refractivity contribution is 0.0379. The summed E-state index contributed by atoms with van der Waals surface area (Å²) < 4.78 is 9.36. The minimum absolute atomic E-state index is 0.0610. The number of nitrogens with one attached hydrogen (secondary N) is 1. The molecule has 0 atom stereocenters. The first kappa shape index (κ1) is 24.5. The summed E-state index contributed by atoms with van der Waals surface area (Å²) in [6.45, 7) is 7.65. The van der Waals surface area contributed by atoms with Crippen molar-refractivity contribution in [1.82, 2.24) is 24.4 Å². The number of carbonyl (C=O) groups is 3. The van der Waals surface area contributed by atoms with Crippen molar-refractivity contribution < 1.29 is 19.1 Å². The van der Waals surface area contributed by atoms with E-state index in [9.17, 15) is 14.4 Å². The molecule has 0 spiro atoms. The van der Waals surface area contributed by atoms with Crippen LogP contribution in [0.15, 0.2) is 29.0 Å². The zero-order chi connectivity index (χ0) is 25.4. The van der Waals surface area contributed by atoms with Crippen LogP contribution >= 0.6 is 27.3 Å². The number of hydrogen-bond acceptors (Lipinski definition) is 8. The number of thiophene rings is 1. The molecule has 0 aliphatic heterocycles. The van der Waals surface area contributed by atoms with Crippen LogP contribution in [0.3, 0.4) is 0 Å². The van der Waals surface area contributed by atoms with Gasteiger partial charge in [0.15, 0.2) is 11.3 Å². The van der Waals surface area contributed by atoms with Crippen molar-refractivity contribution in [2.45, 2.75) is 40.3 Å². The summed E-state index contributed by atoms with van der Waals surface area (Å²) in [6, 6.07) is 3.27. The average Bonchev–Trinajstić information content (AvgIpc) is 3.47. The Bertz CT molecular complexity index is 1470. The number of halogens is 1. The van der Waals surface area contributed by atoms with Crippen LogP contribution in [-0.4, -0.2) is 48.3 Å². The van der Waals surface area contributed by atoms with E-state index < -0.39 is 17.8 Å². The molecule has 4 aromatic heterocycles. The molecule has 0 aromatic carbocycles. The molecule has 0 aliphatic rings. The van der Waals surface area contributed by atoms with Crippen molar-refractivity contribution in [2.24, 2.45) is 5.73 Å². The number of esters is 1. The number of carbonyl (C=O) groups excluding carboxylic acids is 3. The van der Waals surface area contributed by atoms with Gasteiger partial charge in [0, 0.05) is 25.0 Å². The molecular weight excluding hydrogens is 538 g/mol. The van der Waals surface area contributed by atoms with Gasteiger partial charge in [-0.15, -0.1) is 11.3 Å². The van der Waals surface area contributed by atoms with Crippen LogP contribution in [0.2, 0.25) is 0 Å². The van der Waals surface area contributed by atoms with E-state index in [4.69, 9.17) is 10.5 Å². The van der Waals surface area contributed by atoms with Gasteiger partial charge in [-0.2, -0.15) is 10.2 Å². The number of anilines is 1. The maximum absolute atomic E-state index is 13.1. The fourth-order valence-corrected chi connectivity index (χ4v) is 5.00. The number of aryl methyl sites for hydroxylation is 1. The van der Waals surface area contributed by atoms with Crippen LogP contribution in [0, 0.1) is 6.92 Å². The third kappa shape index (κ3) is 4.68. The number of nitrogens with two attached hydrogens (primary N) is 1. The third-order valence-electron chi connectivity index (χ3n) is 5.02. The van der Waals surface area contributed by atoms with Crippen LogP contribution in [0.25, 0.3) is 17.0 Å². The van der Waals surface area contributed by atoms with E-state index in [1.807, 2.05) is 13.1 Å². The monoisotopic (exact) mass is 559 g/mol. The van der Waals surface area contributed by atoms with E-state index >= 15 is 0 Å². The summed E-state index contributed by atoms with van der Waals surface area (Å²) in [6.07, 6.45) is 3.07. The highest BCUT2D eigenvalue weighted by Gasteiger charge is 2.27. The summed E-state index contributed by atoms with van der Waals surface area (Å²) >= 11 is 4.43. The van der Waals surface area contributed by atoms with Crippen molar-refractivity contribution in [3.63, 3.8) is 0 Å². The van der Waals surface area contributed by atoms with Crippen molar-refractivity contribution >= 4 is 55.7 Å². The quantitative estimate of drug-likeness (QED) is 0.328. The molecule has 182 valence electrons. The van der Waals surface area contributed by atoms with Gasteiger partial charge in [-0.05, 0) is 55.3 Å². The van der Waals surface area contributed by atoms with Gasteiger partial charge < -0.3 is 15.8 Å². The highest BCUT2D eigenvalue weighted by atomic mass is 79.9. The van der Waals surface area contributed by atoms with Crippen LogP contribution < -0.4 is 11.1 Å². The molecule has 2 amide bonds. The number of hydrogen-bond donors (Lipinski definition) is 2. The first-order chi connectivity index (χ1) is 16.6. The number of ether oxygens (including phenoxy) is 1. The Labute approximate surface area is 212 Å². The van der Waals surface area contributed by atoms with Crippen molar-refractivity contribution in [2.75, 3.05) is 5.32 Å². The molecule has 0 unspecified atom stereocenters. The predicted octanol–water partition coefficient (Wildman–Crippen LogP) is 3.66. The maximum Gasteiger partial charge on any atom is 0.341 e. The lowest BCUT2D eigenvalue weighted by Gasteiger charge is -2.10. The Morgan fingerprint density at radius 3 is 2.66 bits per heavy atom. The number of rotatable bonds is 7. The Kier molecular flexibility index (Phi) is 6.72. The molecular formula is C22H22BrN7O4S. The van der Waals surface area contributed by atoms with Crippen LogP contribution in [0.4, 0.5) is 5.00 Å². The molecule has 4 rings (SSSR count). The average molecular weight is 560 g/mol. The number of amides is 2. The van der Waals surface area contributed by atoms with E-state index in [1.165, 1.54) is 10.6 Å². The summed E-state index contributed by atoms with van der Waals surface area (Å²) in [5.74, 6) is -1.95. The van der Waals surface area contributed by atoms with Gasteiger partial charge in [-0.25, -0.2) is 14.3 Å². The number of aromatic nitrogens is 5. The van der Waals surface area contributed by atoms with E-state index in [0.717, 1.165) is 15.8 Å². The van der Waals surface area contributed by atoms with Gasteiger partial charge in [-0.3, -0.25) is 14.3 Å². The Hall–Kier alpha value is -3.58. The van der Waals surface area contributed by atoms with Gasteiger partial charge in [0.2, 0.25) is 0 Å². The van der Waals surface area contributed by atoms with Crippen molar-refractivity contribution in [3.05, 3.63) is 50.7 Å². The molecule has 0 fully saturated rings. The molecule has 4 aromatic rings. The summed E-state index contributed by atoms with van der Waals surface area (Å²) in [5.41, 5.74) is 7.67. The fourth-order valence-electron chi connectivity index (χ4n) is 3.44. The largest absolute Gasteiger partial charge is 0.459 e. The summed E-state index contributed by atoms with van der Waals surface area (Å²) in [7, 11) is 0. The van der Waals surface area contributed by atoms with E-state index in [0.29, 0.717) is 29.1 Å². The smallest absolute Gasteiger partial charge is 0.341 e. The van der Waals surface area contributed by atoms with Gasteiger partial charge >= 0.3 is 5.97 Å². The van der Waals surface area contributed by atoms with Crippen LogP contribution in [0.1, 0.15) is 56.9 Å². The molecule has 0 saturated carbocycles. The summed E-state index contributed by atoms with van der Waals surface area (Å²) in [4.78, 5) is 42.1. The topological polar surface area (TPSA) is 146 Å². The van der Waals surface area contributed by atoms with Gasteiger partial charge in [0.1, 0.15) is 10.7 Å². The van der Waals surface area contributed by atoms with Crippen molar-refractivity contribution in [3.8, 4) is 11.4 Å². The minimum Gasteiger partial charge on any atom is -0.459 e. The first-order valence-corrected chi connectivity index (χ1v) is 12.2. The SMILES string of the molecule is CCn1cc(Br)c(-c2ccnc3cc(C(=O)Nc4sc(C(N)=O)c(C)c4C(=O)OC(C)C)nn23)n1. The van der Waals surface area contributed by atoms with Gasteiger partial charge in [-0.1, -0.05) is 0 Å². The normalized spacial score (nSPS) is 11.3. The van der Waals surface area contributed by atoms with E-state index in [1.54, 1.807) is 37.7 Å². The Morgan fingerprint density at radius 2 is 2.03 bits per heavy atom. The molecule has 4 heterocycles. The standard InChI is InChI=1S/C22H22BrN7O4S/c1-5-29-9-12(23)17(28-29)14-6-7-25-15-8-13(27-30(14)15)20(32)26-21-16(22(33)34-10(2)3)11(4)18(35-21)19(24)31/h6-10H,5H2,1-4H3,(H2,24,31)(H,26,32). The molecule has 35 heavy (non-hydrogen) atoms. The number of fused-ring (bicyclic) bond motifs is 1. The second kappa shape index (κ2) is 9.58. The molecule has 0 saturated heterocycles. The summed E-state index contributed by atoms with van der Waals surface area (Å²) in [5, 5.41) is 11.8. The molecule has 0 radical (unpaired) electrons. The fraction of sp³-hybridized carbons (Fsp3) is 0.273. The lowest BCUT2D eigenvalue weighted by atomic mass is 10.1. The second-order valence-corrected chi connectivity index (χ2v) is 9.72. The second-order valence-electron chi connectivity index (χ2n) is 7.84. The molecule has 0 bridgehead atoms. The van der Waals surface area contributed by atoms with Gasteiger partial charge in [0.25, 0.3) is 11.8 Å². The van der Waals surface area contributed by atoms with E-state index in [2.05, 4.69) is 36.4 Å². The first-order valence-electron chi connectivity index (χ1n) is 10.6. The minimum atomic E-state index is -0.703. The number of nitrogens with zero attached hydrogens (tertiary/aromatic N) is 5. The Morgan fingerprint density at radius 1 is 1.29 bits per heavy atom. The number of primary amides is 1. The zero-order valence-corrected chi connectivity index (χ0v) is 21.7. The van der Waals surface area contributed by atoms with Crippen LogP contribution in [0.5, 0.6) is 0 Å². The van der Waals surface area contributed by atoms with E-state index in [-0.39, 0.29) is 27.2 Å². The van der Waals surface area contributed by atoms with Gasteiger partial charge in [0.05, 0.1) is 26.7 Å². The van der Waals surface area contributed by atoms with Crippen molar-refractivity contribution in [1.29, 1.82) is 0 Å². The third-order valence-corrected chi connectivity index (χ3v) is 6.82. The molecule has 3 N–H and O–H groups in total. The van der Waals surface area contributed by atoms with Crippen LogP contribution in [-0.2, 0) is 11.3 Å². The highest BCUT2D eigenvalue weighted by molar-refractivity contribution is 9.10. The zero-order valence-electron chi connectivity index (χ0n) is 19.3. The molecule has 0 aliphatic carbocycles.